The van der Waals surface area contributed by atoms with Crippen molar-refractivity contribution >= 4 is 5.97 Å². The van der Waals surface area contributed by atoms with Crippen LogP contribution in [0.2, 0.25) is 0 Å². The third-order valence-electron chi connectivity index (χ3n) is 3.56. The van der Waals surface area contributed by atoms with Gasteiger partial charge in [0, 0.05) is 6.42 Å². The first-order valence-corrected chi connectivity index (χ1v) is 7.29. The van der Waals surface area contributed by atoms with E-state index in [9.17, 15) is 4.79 Å². The molecule has 2 heteroatoms. The maximum absolute atomic E-state index is 10.7. The van der Waals surface area contributed by atoms with Crippen molar-refractivity contribution in [2.24, 2.45) is 11.8 Å². The van der Waals surface area contributed by atoms with Crippen molar-refractivity contribution in [1.82, 2.24) is 0 Å². The van der Waals surface area contributed by atoms with Gasteiger partial charge in [-0.2, -0.15) is 0 Å². The number of rotatable bonds is 11. The molecule has 0 bridgehead atoms. The van der Waals surface area contributed by atoms with Crippen LogP contribution in [0.25, 0.3) is 0 Å². The molecule has 0 aliphatic carbocycles. The Labute approximate surface area is 107 Å². The molecule has 0 aliphatic rings. The van der Waals surface area contributed by atoms with E-state index in [1.807, 2.05) is 0 Å². The van der Waals surface area contributed by atoms with E-state index in [2.05, 4.69) is 20.8 Å². The number of hydrogen-bond donors (Lipinski definition) is 1. The maximum Gasteiger partial charge on any atom is 0.303 e. The predicted octanol–water partition coefficient (Wildman–Crippen LogP) is 4.87. The highest BCUT2D eigenvalue weighted by atomic mass is 16.4. The minimum absolute atomic E-state index is 0.341. The number of hydrogen-bond acceptors (Lipinski definition) is 1. The van der Waals surface area contributed by atoms with Crippen molar-refractivity contribution in [2.75, 3.05) is 0 Å². The van der Waals surface area contributed by atoms with Gasteiger partial charge in [0.25, 0.3) is 0 Å². The van der Waals surface area contributed by atoms with Crippen LogP contribution in [0.1, 0.15) is 78.6 Å². The van der Waals surface area contributed by atoms with Gasteiger partial charge in [0.15, 0.2) is 0 Å². The fourth-order valence-corrected chi connectivity index (χ4v) is 2.26. The summed E-state index contributed by atoms with van der Waals surface area (Å²) in [6.07, 6.45) is 10.6. The molecule has 0 heterocycles. The first-order chi connectivity index (χ1) is 8.07. The topological polar surface area (TPSA) is 37.3 Å². The molecular weight excluding hydrogens is 212 g/mol. The van der Waals surface area contributed by atoms with Gasteiger partial charge in [0.2, 0.25) is 0 Å². The lowest BCUT2D eigenvalue weighted by Gasteiger charge is -2.18. The van der Waals surface area contributed by atoms with Gasteiger partial charge in [-0.25, -0.2) is 0 Å². The largest absolute Gasteiger partial charge is 0.481 e. The fraction of sp³-hybridized carbons (Fsp3) is 0.933. The van der Waals surface area contributed by atoms with Crippen LogP contribution in [0.5, 0.6) is 0 Å². The van der Waals surface area contributed by atoms with E-state index >= 15 is 0 Å². The van der Waals surface area contributed by atoms with Gasteiger partial charge in [0.1, 0.15) is 0 Å². The molecule has 102 valence electrons. The monoisotopic (exact) mass is 242 g/mol. The number of carboxylic acids is 1. The lowest BCUT2D eigenvalue weighted by atomic mass is 9.87. The molecular formula is C15H30O2. The van der Waals surface area contributed by atoms with E-state index in [4.69, 9.17) is 5.11 Å². The number of carboxylic acid groups (broad SMARTS) is 1. The van der Waals surface area contributed by atoms with E-state index < -0.39 is 5.97 Å². The van der Waals surface area contributed by atoms with Crippen molar-refractivity contribution in [2.45, 2.75) is 78.6 Å². The van der Waals surface area contributed by atoms with Gasteiger partial charge in [-0.1, -0.05) is 65.7 Å². The maximum atomic E-state index is 10.7. The van der Waals surface area contributed by atoms with E-state index in [1.165, 1.54) is 44.9 Å². The standard InChI is InChI=1S/C15H30O2/c1-4-5-6-7-8-9-10-11-14(13(2)3)12-15(16)17/h13-14H,4-12H2,1-3H3,(H,16,17). The second kappa shape index (κ2) is 10.6. The van der Waals surface area contributed by atoms with E-state index in [0.717, 1.165) is 6.42 Å². The summed E-state index contributed by atoms with van der Waals surface area (Å²) in [7, 11) is 0. The van der Waals surface area contributed by atoms with E-state index in [1.54, 1.807) is 0 Å². The quantitative estimate of drug-likeness (QED) is 0.525. The molecule has 2 nitrogen and oxygen atoms in total. The van der Waals surface area contributed by atoms with E-state index in [-0.39, 0.29) is 0 Å². The minimum Gasteiger partial charge on any atom is -0.481 e. The second-order valence-corrected chi connectivity index (χ2v) is 5.51. The molecule has 0 amide bonds. The zero-order valence-electron chi connectivity index (χ0n) is 11.9. The molecule has 1 N–H and O–H groups in total. The molecule has 0 aromatic carbocycles. The van der Waals surface area contributed by atoms with Crippen LogP contribution in [0, 0.1) is 11.8 Å². The molecule has 0 spiro atoms. The van der Waals surface area contributed by atoms with Crippen molar-refractivity contribution in [3.63, 3.8) is 0 Å². The average molecular weight is 242 g/mol. The van der Waals surface area contributed by atoms with Crippen LogP contribution in [0.15, 0.2) is 0 Å². The van der Waals surface area contributed by atoms with Gasteiger partial charge in [0.05, 0.1) is 0 Å². The molecule has 17 heavy (non-hydrogen) atoms. The molecule has 0 radical (unpaired) electrons. The Morgan fingerprint density at radius 2 is 1.53 bits per heavy atom. The molecule has 0 aromatic rings. The normalized spacial score (nSPS) is 12.9. The Morgan fingerprint density at radius 1 is 1.00 bits per heavy atom. The zero-order valence-corrected chi connectivity index (χ0v) is 11.9. The lowest BCUT2D eigenvalue weighted by Crippen LogP contribution is -2.13. The molecule has 1 atom stereocenters. The summed E-state index contributed by atoms with van der Waals surface area (Å²) in [6.45, 7) is 6.50. The summed E-state index contributed by atoms with van der Waals surface area (Å²) < 4.78 is 0. The van der Waals surface area contributed by atoms with Crippen LogP contribution in [-0.4, -0.2) is 11.1 Å². The molecule has 0 aromatic heterocycles. The Balaban J connectivity index is 3.51. The van der Waals surface area contributed by atoms with Crippen molar-refractivity contribution in [3.8, 4) is 0 Å². The second-order valence-electron chi connectivity index (χ2n) is 5.51. The highest BCUT2D eigenvalue weighted by molar-refractivity contribution is 5.67. The van der Waals surface area contributed by atoms with Crippen LogP contribution in [-0.2, 0) is 4.79 Å². The SMILES string of the molecule is CCCCCCCCCC(CC(=O)O)C(C)C. The van der Waals surface area contributed by atoms with E-state index in [0.29, 0.717) is 18.3 Å². The first-order valence-electron chi connectivity index (χ1n) is 7.29. The average Bonchev–Trinajstić information content (AvgIpc) is 2.25. The molecule has 1 unspecified atom stereocenters. The molecule has 0 saturated carbocycles. The molecule has 0 saturated heterocycles. The Kier molecular flexibility index (Phi) is 10.3. The summed E-state index contributed by atoms with van der Waals surface area (Å²) in [6, 6.07) is 0. The van der Waals surface area contributed by atoms with Crippen LogP contribution in [0.4, 0.5) is 0 Å². The Morgan fingerprint density at radius 3 is 2.00 bits per heavy atom. The Bertz CT molecular complexity index is 187. The summed E-state index contributed by atoms with van der Waals surface area (Å²) in [4.78, 5) is 10.7. The van der Waals surface area contributed by atoms with Gasteiger partial charge in [-0.15, -0.1) is 0 Å². The predicted molar refractivity (Wildman–Crippen MR) is 73.2 cm³/mol. The van der Waals surface area contributed by atoms with Gasteiger partial charge >= 0.3 is 5.97 Å². The highest BCUT2D eigenvalue weighted by Gasteiger charge is 2.16. The lowest BCUT2D eigenvalue weighted by molar-refractivity contribution is -0.138. The van der Waals surface area contributed by atoms with Crippen LogP contribution >= 0.6 is 0 Å². The summed E-state index contributed by atoms with van der Waals surface area (Å²) >= 11 is 0. The number of unbranched alkanes of at least 4 members (excludes halogenated alkanes) is 6. The molecule has 0 fully saturated rings. The number of aliphatic carboxylic acids is 1. The van der Waals surface area contributed by atoms with Crippen LogP contribution in [0.3, 0.4) is 0 Å². The first kappa shape index (κ1) is 16.5. The van der Waals surface area contributed by atoms with Gasteiger partial charge in [-0.3, -0.25) is 4.79 Å². The highest BCUT2D eigenvalue weighted by Crippen LogP contribution is 2.22. The third-order valence-corrected chi connectivity index (χ3v) is 3.56. The van der Waals surface area contributed by atoms with Crippen molar-refractivity contribution < 1.29 is 9.90 Å². The van der Waals surface area contributed by atoms with Gasteiger partial charge < -0.3 is 5.11 Å². The van der Waals surface area contributed by atoms with Crippen molar-refractivity contribution in [3.05, 3.63) is 0 Å². The summed E-state index contributed by atoms with van der Waals surface area (Å²) in [5, 5.41) is 8.83. The van der Waals surface area contributed by atoms with Crippen molar-refractivity contribution in [1.29, 1.82) is 0 Å². The molecule has 0 aliphatic heterocycles. The fourth-order valence-electron chi connectivity index (χ4n) is 2.26. The zero-order chi connectivity index (χ0) is 13.1. The number of carbonyl (C=O) groups is 1. The Hall–Kier alpha value is -0.530. The third kappa shape index (κ3) is 10.3. The summed E-state index contributed by atoms with van der Waals surface area (Å²) in [5.41, 5.74) is 0. The van der Waals surface area contributed by atoms with Crippen LogP contribution < -0.4 is 0 Å². The molecule has 0 rings (SSSR count). The van der Waals surface area contributed by atoms with Gasteiger partial charge in [-0.05, 0) is 18.3 Å². The smallest absolute Gasteiger partial charge is 0.303 e. The summed E-state index contributed by atoms with van der Waals surface area (Å²) in [5.74, 6) is 0.209. The minimum atomic E-state index is -0.647.